The molecule has 0 fully saturated rings. The van der Waals surface area contributed by atoms with Gasteiger partial charge in [0.25, 0.3) is 5.91 Å². The first-order valence-corrected chi connectivity index (χ1v) is 5.78. The lowest BCUT2D eigenvalue weighted by Crippen LogP contribution is -2.30. The number of aliphatic hydroxyl groups is 1. The van der Waals surface area contributed by atoms with Crippen LogP contribution in [0, 0.1) is 0 Å². The molecule has 0 atom stereocenters. The quantitative estimate of drug-likeness (QED) is 0.701. The number of nitrogen functional groups attached to an aromatic ring is 1. The minimum absolute atomic E-state index is 0.103. The van der Waals surface area contributed by atoms with Gasteiger partial charge >= 0.3 is 0 Å². The van der Waals surface area contributed by atoms with E-state index >= 15 is 0 Å². The van der Waals surface area contributed by atoms with E-state index in [2.05, 4.69) is 5.32 Å². The highest BCUT2D eigenvalue weighted by Gasteiger charge is 2.17. The molecule has 100 valence electrons. The fourth-order valence-electron chi connectivity index (χ4n) is 1.45. The van der Waals surface area contributed by atoms with Gasteiger partial charge in [-0.15, -0.1) is 0 Å². The van der Waals surface area contributed by atoms with Crippen LogP contribution in [0.3, 0.4) is 0 Å². The highest BCUT2D eigenvalue weighted by molar-refractivity contribution is 6.00. The second-order valence-corrected chi connectivity index (χ2v) is 5.17. The summed E-state index contributed by atoms with van der Waals surface area (Å²) in [6.45, 7) is 3.73. The van der Waals surface area contributed by atoms with Crippen molar-refractivity contribution in [2.75, 3.05) is 31.7 Å². The summed E-state index contributed by atoms with van der Waals surface area (Å²) in [5.41, 5.74) is 6.61. The second kappa shape index (κ2) is 5.27. The molecule has 0 bridgehead atoms. The molecule has 0 aliphatic carbocycles. The van der Waals surface area contributed by atoms with Gasteiger partial charge in [0, 0.05) is 32.0 Å². The summed E-state index contributed by atoms with van der Waals surface area (Å²) in [4.78, 5) is 13.5. The zero-order valence-electron chi connectivity index (χ0n) is 11.3. The Morgan fingerprint density at radius 2 is 2.06 bits per heavy atom. The van der Waals surface area contributed by atoms with E-state index in [0.717, 1.165) is 0 Å². The Morgan fingerprint density at radius 3 is 2.56 bits per heavy atom. The lowest BCUT2D eigenvalue weighted by Gasteiger charge is -2.21. The lowest BCUT2D eigenvalue weighted by molar-refractivity contribution is 0.0825. The second-order valence-electron chi connectivity index (χ2n) is 5.17. The number of rotatable bonds is 4. The molecular formula is C13H21N3O2. The van der Waals surface area contributed by atoms with Gasteiger partial charge in [0.05, 0.1) is 11.2 Å². The third kappa shape index (κ3) is 3.92. The number of carbonyl (C=O) groups is 1. The van der Waals surface area contributed by atoms with Crippen molar-refractivity contribution in [2.24, 2.45) is 0 Å². The van der Waals surface area contributed by atoms with Crippen molar-refractivity contribution in [3.05, 3.63) is 23.8 Å². The van der Waals surface area contributed by atoms with Gasteiger partial charge in [-0.3, -0.25) is 4.79 Å². The summed E-state index contributed by atoms with van der Waals surface area (Å²) >= 11 is 0. The molecule has 18 heavy (non-hydrogen) atoms. The van der Waals surface area contributed by atoms with Crippen LogP contribution in [-0.4, -0.2) is 42.2 Å². The smallest absolute Gasteiger partial charge is 0.255 e. The van der Waals surface area contributed by atoms with Crippen molar-refractivity contribution in [2.45, 2.75) is 19.4 Å². The fourth-order valence-corrected chi connectivity index (χ4v) is 1.45. The van der Waals surface area contributed by atoms with E-state index in [1.54, 1.807) is 46.1 Å². The number of nitrogens with one attached hydrogen (secondary N) is 1. The number of anilines is 2. The summed E-state index contributed by atoms with van der Waals surface area (Å²) in [6.07, 6.45) is 0. The molecule has 0 unspecified atom stereocenters. The van der Waals surface area contributed by atoms with Gasteiger partial charge < -0.3 is 21.1 Å². The number of amides is 1. The van der Waals surface area contributed by atoms with Crippen LogP contribution in [0.1, 0.15) is 24.2 Å². The number of nitrogens with zero attached hydrogens (tertiary/aromatic N) is 1. The Kier molecular flexibility index (Phi) is 4.19. The Bertz CT molecular complexity index is 436. The van der Waals surface area contributed by atoms with E-state index < -0.39 is 5.60 Å². The molecule has 1 aromatic carbocycles. The Hall–Kier alpha value is -1.75. The molecule has 1 aromatic rings. The predicted molar refractivity (Wildman–Crippen MR) is 73.7 cm³/mol. The van der Waals surface area contributed by atoms with Crippen LogP contribution in [0.15, 0.2) is 18.2 Å². The van der Waals surface area contributed by atoms with Crippen LogP contribution in [0.25, 0.3) is 0 Å². The fraction of sp³-hybridized carbons (Fsp3) is 0.462. The highest BCUT2D eigenvalue weighted by atomic mass is 16.3. The summed E-state index contributed by atoms with van der Waals surface area (Å²) in [5.74, 6) is -0.103. The van der Waals surface area contributed by atoms with Crippen LogP contribution < -0.4 is 11.1 Å². The van der Waals surface area contributed by atoms with Gasteiger partial charge in [0.15, 0.2) is 0 Å². The summed E-state index contributed by atoms with van der Waals surface area (Å²) < 4.78 is 0. The molecule has 0 aromatic heterocycles. The molecule has 0 saturated heterocycles. The number of carbonyl (C=O) groups excluding carboxylic acids is 1. The van der Waals surface area contributed by atoms with Crippen molar-refractivity contribution in [3.8, 4) is 0 Å². The van der Waals surface area contributed by atoms with Gasteiger partial charge in [-0.25, -0.2) is 0 Å². The molecule has 5 nitrogen and oxygen atoms in total. The van der Waals surface area contributed by atoms with Crippen LogP contribution in [-0.2, 0) is 0 Å². The number of hydrogen-bond acceptors (Lipinski definition) is 4. The van der Waals surface area contributed by atoms with E-state index in [1.807, 2.05) is 0 Å². The Balaban J connectivity index is 3.01. The number of hydrogen-bond donors (Lipinski definition) is 3. The SMILES string of the molecule is CN(C)C(=O)c1ccc(N)cc1NCC(C)(C)O. The van der Waals surface area contributed by atoms with Gasteiger partial charge in [0.1, 0.15) is 0 Å². The number of nitrogens with two attached hydrogens (primary N) is 1. The standard InChI is InChI=1S/C13H21N3O2/c1-13(2,18)8-15-11-7-9(14)5-6-10(11)12(17)16(3)4/h5-7,15,18H,8,14H2,1-4H3. The highest BCUT2D eigenvalue weighted by Crippen LogP contribution is 2.21. The average Bonchev–Trinajstić information content (AvgIpc) is 2.24. The van der Waals surface area contributed by atoms with Crippen LogP contribution in [0.4, 0.5) is 11.4 Å². The average molecular weight is 251 g/mol. The van der Waals surface area contributed by atoms with E-state index in [9.17, 15) is 9.90 Å². The van der Waals surface area contributed by atoms with Crippen molar-refractivity contribution in [3.63, 3.8) is 0 Å². The minimum Gasteiger partial charge on any atom is -0.399 e. The van der Waals surface area contributed by atoms with Crippen molar-refractivity contribution in [1.29, 1.82) is 0 Å². The van der Waals surface area contributed by atoms with Crippen LogP contribution in [0.2, 0.25) is 0 Å². The normalized spacial score (nSPS) is 11.2. The van der Waals surface area contributed by atoms with E-state index in [4.69, 9.17) is 5.73 Å². The van der Waals surface area contributed by atoms with Gasteiger partial charge in [0.2, 0.25) is 0 Å². The maximum absolute atomic E-state index is 12.0. The molecule has 0 spiro atoms. The zero-order chi connectivity index (χ0) is 13.9. The first-order valence-electron chi connectivity index (χ1n) is 5.78. The molecular weight excluding hydrogens is 230 g/mol. The van der Waals surface area contributed by atoms with Gasteiger partial charge in [-0.05, 0) is 32.0 Å². The van der Waals surface area contributed by atoms with E-state index in [0.29, 0.717) is 23.5 Å². The van der Waals surface area contributed by atoms with Gasteiger partial charge in [-0.1, -0.05) is 0 Å². The topological polar surface area (TPSA) is 78.6 Å². The van der Waals surface area contributed by atoms with Crippen LogP contribution in [0.5, 0.6) is 0 Å². The number of benzene rings is 1. The summed E-state index contributed by atoms with van der Waals surface area (Å²) in [6, 6.07) is 5.07. The third-order valence-corrected chi connectivity index (χ3v) is 2.39. The molecule has 0 aliphatic heterocycles. The Labute approximate surface area is 108 Å². The lowest BCUT2D eigenvalue weighted by atomic mass is 10.1. The van der Waals surface area contributed by atoms with E-state index in [-0.39, 0.29) is 5.91 Å². The molecule has 4 N–H and O–H groups in total. The zero-order valence-corrected chi connectivity index (χ0v) is 11.3. The first kappa shape index (κ1) is 14.3. The molecule has 0 saturated carbocycles. The molecule has 0 radical (unpaired) electrons. The van der Waals surface area contributed by atoms with Crippen molar-refractivity contribution in [1.82, 2.24) is 4.90 Å². The van der Waals surface area contributed by atoms with Gasteiger partial charge in [-0.2, -0.15) is 0 Å². The summed E-state index contributed by atoms with van der Waals surface area (Å²) in [5, 5.41) is 12.8. The largest absolute Gasteiger partial charge is 0.399 e. The molecule has 5 heteroatoms. The monoisotopic (exact) mass is 251 g/mol. The molecule has 0 aliphatic rings. The molecule has 1 rings (SSSR count). The molecule has 0 heterocycles. The van der Waals surface area contributed by atoms with Crippen LogP contribution >= 0.6 is 0 Å². The first-order chi connectivity index (χ1) is 8.20. The maximum Gasteiger partial charge on any atom is 0.255 e. The molecule has 1 amide bonds. The van der Waals surface area contributed by atoms with Crippen molar-refractivity contribution >= 4 is 17.3 Å². The third-order valence-electron chi connectivity index (χ3n) is 2.39. The maximum atomic E-state index is 12.0. The summed E-state index contributed by atoms with van der Waals surface area (Å²) in [7, 11) is 3.39. The Morgan fingerprint density at radius 1 is 1.44 bits per heavy atom. The predicted octanol–water partition coefficient (Wildman–Crippen LogP) is 1.15. The van der Waals surface area contributed by atoms with E-state index in [1.165, 1.54) is 4.90 Å². The minimum atomic E-state index is -0.858. The van der Waals surface area contributed by atoms with Crippen molar-refractivity contribution < 1.29 is 9.90 Å².